The molecule has 2 N–H and O–H groups in total. The molecule has 1 unspecified atom stereocenters. The van der Waals surface area contributed by atoms with E-state index in [4.69, 9.17) is 10.3 Å². The molecule has 0 bridgehead atoms. The van der Waals surface area contributed by atoms with E-state index in [1.54, 1.807) is 0 Å². The highest BCUT2D eigenvalue weighted by atomic mass is 16.5. The van der Waals surface area contributed by atoms with Gasteiger partial charge >= 0.3 is 0 Å². The van der Waals surface area contributed by atoms with Gasteiger partial charge in [0, 0.05) is 0 Å². The van der Waals surface area contributed by atoms with E-state index in [-0.39, 0.29) is 6.04 Å². The number of nitrogens with zero attached hydrogens (tertiary/aromatic N) is 2. The minimum atomic E-state index is -0.104. The lowest BCUT2D eigenvalue weighted by atomic mass is 10.2. The first kappa shape index (κ1) is 6.22. The Hall–Kier alpha value is -0.900. The summed E-state index contributed by atoms with van der Waals surface area (Å²) in [5, 5.41) is 3.43. The molecule has 0 amide bonds. The standard InChI is InChI=1S/C5H9N3O/c1-2-4(6)5-7-3-8-9-5/h3-4H,2,6H2,1H3. The maximum atomic E-state index is 5.54. The average Bonchev–Trinajstić information content (AvgIpc) is 2.37. The van der Waals surface area contributed by atoms with Crippen LogP contribution >= 0.6 is 0 Å². The Labute approximate surface area is 53.1 Å². The van der Waals surface area contributed by atoms with Crippen molar-refractivity contribution in [2.24, 2.45) is 5.73 Å². The fourth-order valence-corrected chi connectivity index (χ4v) is 0.520. The lowest BCUT2D eigenvalue weighted by Gasteiger charge is -1.98. The Morgan fingerprint density at radius 3 is 3.11 bits per heavy atom. The predicted octanol–water partition coefficient (Wildman–Crippen LogP) is 0.479. The summed E-state index contributed by atoms with van der Waals surface area (Å²) in [5.74, 6) is 0.512. The molecule has 0 spiro atoms. The van der Waals surface area contributed by atoms with Gasteiger partial charge in [0.05, 0.1) is 6.04 Å². The maximum Gasteiger partial charge on any atom is 0.243 e. The Kier molecular flexibility index (Phi) is 1.79. The first-order valence-corrected chi connectivity index (χ1v) is 2.86. The Morgan fingerprint density at radius 2 is 2.67 bits per heavy atom. The SMILES string of the molecule is CCC(N)c1ncno1. The smallest absolute Gasteiger partial charge is 0.243 e. The first-order valence-electron chi connectivity index (χ1n) is 2.86. The van der Waals surface area contributed by atoms with E-state index in [9.17, 15) is 0 Å². The van der Waals surface area contributed by atoms with Crippen molar-refractivity contribution >= 4 is 0 Å². The number of nitrogens with two attached hydrogens (primary N) is 1. The van der Waals surface area contributed by atoms with Crippen LogP contribution in [0.2, 0.25) is 0 Å². The number of hydrogen-bond donors (Lipinski definition) is 1. The molecule has 0 saturated heterocycles. The van der Waals surface area contributed by atoms with Gasteiger partial charge in [-0.2, -0.15) is 4.98 Å². The molecule has 1 aromatic heterocycles. The molecule has 0 aliphatic heterocycles. The molecule has 1 atom stereocenters. The number of hydrogen-bond acceptors (Lipinski definition) is 4. The average molecular weight is 127 g/mol. The van der Waals surface area contributed by atoms with Crippen LogP contribution < -0.4 is 5.73 Å². The van der Waals surface area contributed by atoms with Gasteiger partial charge in [0.1, 0.15) is 0 Å². The third-order valence-electron chi connectivity index (χ3n) is 1.14. The highest BCUT2D eigenvalue weighted by Gasteiger charge is 2.07. The molecular weight excluding hydrogens is 118 g/mol. The van der Waals surface area contributed by atoms with E-state index in [2.05, 4.69) is 10.1 Å². The van der Waals surface area contributed by atoms with Crippen molar-refractivity contribution in [3.05, 3.63) is 12.2 Å². The van der Waals surface area contributed by atoms with E-state index in [0.29, 0.717) is 5.89 Å². The summed E-state index contributed by atoms with van der Waals surface area (Å²) >= 11 is 0. The summed E-state index contributed by atoms with van der Waals surface area (Å²) in [6.07, 6.45) is 2.17. The Balaban J connectivity index is 2.65. The zero-order chi connectivity index (χ0) is 6.69. The van der Waals surface area contributed by atoms with Crippen molar-refractivity contribution in [3.63, 3.8) is 0 Å². The number of rotatable bonds is 2. The van der Waals surface area contributed by atoms with Gasteiger partial charge in [0.25, 0.3) is 0 Å². The number of aromatic nitrogens is 2. The summed E-state index contributed by atoms with van der Waals surface area (Å²) in [6, 6.07) is -0.104. The fraction of sp³-hybridized carbons (Fsp3) is 0.600. The molecule has 1 rings (SSSR count). The van der Waals surface area contributed by atoms with Crippen LogP contribution in [-0.2, 0) is 0 Å². The molecule has 1 aromatic rings. The van der Waals surface area contributed by atoms with E-state index in [1.807, 2.05) is 6.92 Å². The molecule has 0 aromatic carbocycles. The van der Waals surface area contributed by atoms with Crippen molar-refractivity contribution in [2.45, 2.75) is 19.4 Å². The molecule has 0 fully saturated rings. The molecule has 4 heteroatoms. The van der Waals surface area contributed by atoms with Crippen LogP contribution in [-0.4, -0.2) is 10.1 Å². The summed E-state index contributed by atoms with van der Waals surface area (Å²) in [6.45, 7) is 1.97. The lowest BCUT2D eigenvalue weighted by molar-refractivity contribution is 0.351. The monoisotopic (exact) mass is 127 g/mol. The van der Waals surface area contributed by atoms with Gasteiger partial charge in [-0.25, -0.2) is 0 Å². The fourth-order valence-electron chi connectivity index (χ4n) is 0.520. The second-order valence-corrected chi connectivity index (χ2v) is 1.79. The molecule has 50 valence electrons. The minimum absolute atomic E-state index is 0.104. The van der Waals surface area contributed by atoms with Crippen LogP contribution in [0.3, 0.4) is 0 Å². The zero-order valence-corrected chi connectivity index (χ0v) is 5.24. The summed E-state index contributed by atoms with van der Waals surface area (Å²) in [7, 11) is 0. The normalized spacial score (nSPS) is 13.6. The lowest BCUT2D eigenvalue weighted by Crippen LogP contribution is -2.08. The predicted molar refractivity (Wildman–Crippen MR) is 31.5 cm³/mol. The van der Waals surface area contributed by atoms with Crippen LogP contribution in [0.5, 0.6) is 0 Å². The van der Waals surface area contributed by atoms with Crippen molar-refractivity contribution < 1.29 is 4.52 Å². The first-order chi connectivity index (χ1) is 4.34. The van der Waals surface area contributed by atoms with Crippen LogP contribution in [0.15, 0.2) is 10.9 Å². The van der Waals surface area contributed by atoms with Gasteiger partial charge in [-0.3, -0.25) is 0 Å². The van der Waals surface area contributed by atoms with Gasteiger partial charge in [0.15, 0.2) is 6.33 Å². The molecular formula is C5H9N3O. The summed E-state index contributed by atoms with van der Waals surface area (Å²) in [4.78, 5) is 3.78. The maximum absolute atomic E-state index is 5.54. The van der Waals surface area contributed by atoms with Gasteiger partial charge in [-0.05, 0) is 6.42 Å². The molecule has 0 aliphatic rings. The van der Waals surface area contributed by atoms with Crippen LogP contribution in [0.4, 0.5) is 0 Å². The Morgan fingerprint density at radius 1 is 1.89 bits per heavy atom. The largest absolute Gasteiger partial charge is 0.338 e. The van der Waals surface area contributed by atoms with E-state index < -0.39 is 0 Å². The van der Waals surface area contributed by atoms with Crippen molar-refractivity contribution in [3.8, 4) is 0 Å². The molecule has 0 radical (unpaired) electrons. The van der Waals surface area contributed by atoms with Crippen molar-refractivity contribution in [1.29, 1.82) is 0 Å². The third kappa shape index (κ3) is 1.26. The quantitative estimate of drug-likeness (QED) is 0.627. The Bertz CT molecular complexity index is 161. The topological polar surface area (TPSA) is 64.9 Å². The van der Waals surface area contributed by atoms with E-state index in [1.165, 1.54) is 6.33 Å². The summed E-state index contributed by atoms with van der Waals surface area (Å²) < 4.78 is 4.70. The van der Waals surface area contributed by atoms with E-state index >= 15 is 0 Å². The molecule has 0 saturated carbocycles. The van der Waals surface area contributed by atoms with E-state index in [0.717, 1.165) is 6.42 Å². The molecule has 1 heterocycles. The molecule has 9 heavy (non-hydrogen) atoms. The minimum Gasteiger partial charge on any atom is -0.338 e. The van der Waals surface area contributed by atoms with Crippen LogP contribution in [0.25, 0.3) is 0 Å². The third-order valence-corrected chi connectivity index (χ3v) is 1.14. The molecule has 0 aliphatic carbocycles. The van der Waals surface area contributed by atoms with Gasteiger partial charge in [-0.1, -0.05) is 12.1 Å². The van der Waals surface area contributed by atoms with Crippen molar-refractivity contribution in [1.82, 2.24) is 10.1 Å². The second-order valence-electron chi connectivity index (χ2n) is 1.79. The van der Waals surface area contributed by atoms with Gasteiger partial charge < -0.3 is 10.3 Å². The summed E-state index contributed by atoms with van der Waals surface area (Å²) in [5.41, 5.74) is 5.54. The highest BCUT2D eigenvalue weighted by molar-refractivity contribution is 4.82. The van der Waals surface area contributed by atoms with Crippen LogP contribution in [0.1, 0.15) is 25.3 Å². The highest BCUT2D eigenvalue weighted by Crippen LogP contribution is 2.07. The van der Waals surface area contributed by atoms with Gasteiger partial charge in [-0.15, -0.1) is 0 Å². The molecule has 4 nitrogen and oxygen atoms in total. The second kappa shape index (κ2) is 2.59. The zero-order valence-electron chi connectivity index (χ0n) is 5.24. The van der Waals surface area contributed by atoms with Crippen molar-refractivity contribution in [2.75, 3.05) is 0 Å². The van der Waals surface area contributed by atoms with Crippen LogP contribution in [0, 0.1) is 0 Å². The van der Waals surface area contributed by atoms with Gasteiger partial charge in [0.2, 0.25) is 5.89 Å².